The molecule has 1 rings (SSSR count). The highest BCUT2D eigenvalue weighted by atomic mass is 15.0. The molecule has 0 N–H and O–H groups in total. The first kappa shape index (κ1) is 17.3. The van der Waals surface area contributed by atoms with E-state index < -0.39 is 0 Å². The fraction of sp³-hybridized carbons (Fsp3) is 0.526. The average Bonchev–Trinajstić information content (AvgIpc) is 2.92. The topological polar surface area (TPSA) is 17.8 Å². The maximum Gasteiger partial charge on any atom is 0.0949 e. The smallest absolute Gasteiger partial charge is 0.0949 e. The summed E-state index contributed by atoms with van der Waals surface area (Å²) in [7, 11) is 0. The first-order valence-electron chi connectivity index (χ1n) is 7.90. The molecule has 0 unspecified atom stereocenters. The number of allylic oxidation sites excluding steroid dienone is 4. The third-order valence-corrected chi connectivity index (χ3v) is 3.26. The van der Waals surface area contributed by atoms with E-state index in [4.69, 9.17) is 0 Å². The molecule has 0 bridgehead atoms. The summed E-state index contributed by atoms with van der Waals surface area (Å²) in [4.78, 5) is 4.40. The minimum atomic E-state index is 0.503. The van der Waals surface area contributed by atoms with Gasteiger partial charge in [0, 0.05) is 25.6 Å². The summed E-state index contributed by atoms with van der Waals surface area (Å²) in [5, 5.41) is 0. The van der Waals surface area contributed by atoms with Gasteiger partial charge in [-0.15, -0.1) is 11.8 Å². The van der Waals surface area contributed by atoms with Gasteiger partial charge in [0.15, 0.2) is 0 Å². The third kappa shape index (κ3) is 7.56. The van der Waals surface area contributed by atoms with Gasteiger partial charge in [-0.05, 0) is 25.2 Å². The molecule has 1 aromatic rings. The molecule has 114 valence electrons. The zero-order valence-electron chi connectivity index (χ0n) is 13.8. The Labute approximate surface area is 130 Å². The van der Waals surface area contributed by atoms with E-state index in [0.29, 0.717) is 11.8 Å². The van der Waals surface area contributed by atoms with E-state index in [-0.39, 0.29) is 0 Å². The lowest BCUT2D eigenvalue weighted by Crippen LogP contribution is -1.94. The fourth-order valence-corrected chi connectivity index (χ4v) is 1.90. The zero-order valence-corrected chi connectivity index (χ0v) is 13.8. The number of rotatable bonds is 7. The van der Waals surface area contributed by atoms with Crippen molar-refractivity contribution in [2.45, 2.75) is 59.4 Å². The van der Waals surface area contributed by atoms with Crippen molar-refractivity contribution in [1.29, 1.82) is 0 Å². The Balaban J connectivity index is 2.20. The Bertz CT molecular complexity index is 509. The summed E-state index contributed by atoms with van der Waals surface area (Å²) in [6.45, 7) is 9.58. The van der Waals surface area contributed by atoms with Crippen LogP contribution < -0.4 is 0 Å². The van der Waals surface area contributed by atoms with Crippen LogP contribution in [0, 0.1) is 17.8 Å². The van der Waals surface area contributed by atoms with E-state index in [1.165, 1.54) is 5.69 Å². The summed E-state index contributed by atoms with van der Waals surface area (Å²) in [6, 6.07) is 0. The van der Waals surface area contributed by atoms with Crippen molar-refractivity contribution < 1.29 is 0 Å². The van der Waals surface area contributed by atoms with Crippen LogP contribution in [0.15, 0.2) is 36.8 Å². The summed E-state index contributed by atoms with van der Waals surface area (Å²) < 4.78 is 2.17. The molecule has 1 atom stereocenters. The van der Waals surface area contributed by atoms with Crippen LogP contribution in [-0.2, 0) is 6.54 Å². The van der Waals surface area contributed by atoms with Crippen LogP contribution in [-0.4, -0.2) is 9.55 Å². The van der Waals surface area contributed by atoms with Crippen LogP contribution >= 0.6 is 0 Å². The second-order valence-electron chi connectivity index (χ2n) is 5.74. The fourth-order valence-electron chi connectivity index (χ4n) is 1.90. The van der Waals surface area contributed by atoms with Gasteiger partial charge >= 0.3 is 0 Å². The van der Waals surface area contributed by atoms with E-state index in [1.54, 1.807) is 0 Å². The molecule has 2 heteroatoms. The van der Waals surface area contributed by atoms with Crippen molar-refractivity contribution in [3.8, 4) is 11.8 Å². The second kappa shape index (κ2) is 10.0. The lowest BCUT2D eigenvalue weighted by molar-refractivity contribution is 0.652. The summed E-state index contributed by atoms with van der Waals surface area (Å²) in [5.74, 6) is 7.57. The van der Waals surface area contributed by atoms with Gasteiger partial charge in [0.2, 0.25) is 0 Å². The SMILES string of the molecule is C/C=C\C=C/[C@@H](C)CC#CCCCn1cnc(C(C)C)c1. The first-order chi connectivity index (χ1) is 10.1. The van der Waals surface area contributed by atoms with E-state index in [9.17, 15) is 0 Å². The number of aryl methyl sites for hydroxylation is 1. The van der Waals surface area contributed by atoms with Gasteiger partial charge in [-0.3, -0.25) is 0 Å². The predicted octanol–water partition coefficient (Wildman–Crippen LogP) is 4.95. The highest BCUT2D eigenvalue weighted by Crippen LogP contribution is 2.11. The number of hydrogen-bond donors (Lipinski definition) is 0. The molecule has 0 aromatic carbocycles. The highest BCUT2D eigenvalue weighted by Gasteiger charge is 2.02. The molecule has 1 aromatic heterocycles. The van der Waals surface area contributed by atoms with Crippen LogP contribution in [0.2, 0.25) is 0 Å². The lowest BCUT2D eigenvalue weighted by atomic mass is 10.1. The van der Waals surface area contributed by atoms with E-state index in [2.05, 4.69) is 66.6 Å². The maximum absolute atomic E-state index is 4.40. The maximum atomic E-state index is 4.40. The molecule has 2 nitrogen and oxygen atoms in total. The zero-order chi connectivity index (χ0) is 15.5. The first-order valence-corrected chi connectivity index (χ1v) is 7.90. The van der Waals surface area contributed by atoms with Crippen LogP contribution in [0.1, 0.15) is 58.6 Å². The van der Waals surface area contributed by atoms with Gasteiger partial charge in [0.25, 0.3) is 0 Å². The number of imidazole rings is 1. The standard InChI is InChI=1S/C19H28N2/c1-5-6-9-12-18(4)13-10-7-8-11-14-21-15-19(17(2)3)20-16-21/h5-6,9,12,15-18H,8,11,13-14H2,1-4H3/b6-5-,12-9-/t18-/m1/s1. The Morgan fingerprint density at radius 3 is 2.71 bits per heavy atom. The Kier molecular flexibility index (Phi) is 8.28. The van der Waals surface area contributed by atoms with Gasteiger partial charge in [0.1, 0.15) is 0 Å². The molecule has 0 spiro atoms. The van der Waals surface area contributed by atoms with Crippen molar-refractivity contribution in [1.82, 2.24) is 9.55 Å². The van der Waals surface area contributed by atoms with Gasteiger partial charge in [-0.25, -0.2) is 4.98 Å². The number of unbranched alkanes of at least 4 members (excludes halogenated alkanes) is 1. The van der Waals surface area contributed by atoms with Crippen molar-refractivity contribution in [2.75, 3.05) is 0 Å². The van der Waals surface area contributed by atoms with Crippen LogP contribution in [0.4, 0.5) is 0 Å². The van der Waals surface area contributed by atoms with E-state index >= 15 is 0 Å². The third-order valence-electron chi connectivity index (χ3n) is 3.26. The lowest BCUT2D eigenvalue weighted by Gasteiger charge is -2.00. The minimum absolute atomic E-state index is 0.503. The average molecular weight is 284 g/mol. The molecule has 0 aliphatic carbocycles. The Morgan fingerprint density at radius 2 is 2.05 bits per heavy atom. The molecule has 21 heavy (non-hydrogen) atoms. The normalized spacial score (nSPS) is 13.0. The van der Waals surface area contributed by atoms with Crippen molar-refractivity contribution in [2.24, 2.45) is 5.92 Å². The predicted molar refractivity (Wildman–Crippen MR) is 91.1 cm³/mol. The molecule has 0 fully saturated rings. The monoisotopic (exact) mass is 284 g/mol. The number of aromatic nitrogens is 2. The molecular weight excluding hydrogens is 256 g/mol. The Hall–Kier alpha value is -1.75. The van der Waals surface area contributed by atoms with Gasteiger partial charge in [0.05, 0.1) is 12.0 Å². The van der Waals surface area contributed by atoms with Crippen molar-refractivity contribution in [3.63, 3.8) is 0 Å². The molecular formula is C19H28N2. The quantitative estimate of drug-likeness (QED) is 0.393. The van der Waals surface area contributed by atoms with E-state index in [1.807, 2.05) is 19.3 Å². The summed E-state index contributed by atoms with van der Waals surface area (Å²) in [6.07, 6.45) is 15.4. The molecule has 0 saturated carbocycles. The van der Waals surface area contributed by atoms with Gasteiger partial charge in [-0.2, -0.15) is 0 Å². The van der Waals surface area contributed by atoms with Crippen LogP contribution in [0.3, 0.4) is 0 Å². The molecule has 1 heterocycles. The molecule has 0 aliphatic rings. The number of nitrogens with zero attached hydrogens (tertiary/aromatic N) is 2. The van der Waals surface area contributed by atoms with Crippen molar-refractivity contribution in [3.05, 3.63) is 42.5 Å². The molecule has 0 aliphatic heterocycles. The van der Waals surface area contributed by atoms with Gasteiger partial charge < -0.3 is 4.57 Å². The largest absolute Gasteiger partial charge is 0.337 e. The number of hydrogen-bond acceptors (Lipinski definition) is 1. The van der Waals surface area contributed by atoms with Crippen LogP contribution in [0.25, 0.3) is 0 Å². The summed E-state index contributed by atoms with van der Waals surface area (Å²) in [5.41, 5.74) is 1.17. The van der Waals surface area contributed by atoms with E-state index in [0.717, 1.165) is 25.8 Å². The molecule has 0 saturated heterocycles. The minimum Gasteiger partial charge on any atom is -0.337 e. The highest BCUT2D eigenvalue weighted by molar-refractivity contribution is 5.07. The molecule has 0 radical (unpaired) electrons. The van der Waals surface area contributed by atoms with Crippen LogP contribution in [0.5, 0.6) is 0 Å². The Morgan fingerprint density at radius 1 is 1.24 bits per heavy atom. The van der Waals surface area contributed by atoms with Crippen molar-refractivity contribution >= 4 is 0 Å². The second-order valence-corrected chi connectivity index (χ2v) is 5.74. The van der Waals surface area contributed by atoms with Gasteiger partial charge in [-0.1, -0.05) is 45.1 Å². The summed E-state index contributed by atoms with van der Waals surface area (Å²) >= 11 is 0. The molecule has 0 amide bonds.